The van der Waals surface area contributed by atoms with E-state index < -0.39 is 6.04 Å². The number of amides is 2. The van der Waals surface area contributed by atoms with Crippen LogP contribution in [0.5, 0.6) is 0 Å². The number of fused-ring (bicyclic) bond motifs is 1. The van der Waals surface area contributed by atoms with E-state index in [2.05, 4.69) is 34.3 Å². The first kappa shape index (κ1) is 22.7. The Morgan fingerprint density at radius 3 is 2.79 bits per heavy atom. The van der Waals surface area contributed by atoms with Gasteiger partial charge in [-0.1, -0.05) is 31.6 Å². The molecule has 6 nitrogen and oxygen atoms in total. The fraction of sp³-hybridized carbons (Fsp3) is 0.444. The number of hydrogen-bond acceptors (Lipinski definition) is 4. The Kier molecular flexibility index (Phi) is 6.46. The number of nitrogens with one attached hydrogen (secondary N) is 2. The van der Waals surface area contributed by atoms with Crippen LogP contribution in [0.1, 0.15) is 65.7 Å². The van der Waals surface area contributed by atoms with E-state index in [9.17, 15) is 14.0 Å². The number of piperidine rings is 1. The Hall–Kier alpha value is -3.06. The number of carbonyl (C=O) groups excluding carboxylic acids is 2. The molecule has 2 N–H and O–H groups in total. The molecule has 0 spiro atoms. The third kappa shape index (κ3) is 4.75. The summed E-state index contributed by atoms with van der Waals surface area (Å²) in [5.41, 5.74) is 4.52. The van der Waals surface area contributed by atoms with Crippen LogP contribution in [0.3, 0.4) is 0 Å². The molecule has 3 atom stereocenters. The van der Waals surface area contributed by atoms with Gasteiger partial charge in [-0.25, -0.2) is 4.39 Å². The lowest BCUT2D eigenvalue weighted by Gasteiger charge is -2.32. The zero-order valence-corrected chi connectivity index (χ0v) is 19.4. The van der Waals surface area contributed by atoms with Crippen molar-refractivity contribution in [2.75, 3.05) is 0 Å². The highest BCUT2D eigenvalue weighted by Gasteiger charge is 2.38. The summed E-state index contributed by atoms with van der Waals surface area (Å²) < 4.78 is 13.1. The smallest absolute Gasteiger partial charge is 0.255 e. The number of nitrogens with zero attached hydrogens (tertiary/aromatic N) is 2. The SMILES string of the molecule is C=C1CCC(N2Cc3cc(C[C@H]4CCCC[C@@H]4NCc4ccc(F)cn4)ccc3C2=O)C(=O)N1. The molecule has 3 aliphatic rings. The molecular formula is C27H31FN4O2. The van der Waals surface area contributed by atoms with Crippen LogP contribution in [0.4, 0.5) is 4.39 Å². The fourth-order valence-corrected chi connectivity index (χ4v) is 5.60. The van der Waals surface area contributed by atoms with Gasteiger partial charge < -0.3 is 15.5 Å². The van der Waals surface area contributed by atoms with Crippen LogP contribution in [0, 0.1) is 11.7 Å². The first-order valence-electron chi connectivity index (χ1n) is 12.2. The van der Waals surface area contributed by atoms with Crippen molar-refractivity contribution < 1.29 is 14.0 Å². The average Bonchev–Trinajstić information content (AvgIpc) is 3.15. The summed E-state index contributed by atoms with van der Waals surface area (Å²) in [5, 5.41) is 6.44. The number of rotatable bonds is 6. The van der Waals surface area contributed by atoms with Crippen LogP contribution in [0.15, 0.2) is 48.8 Å². The van der Waals surface area contributed by atoms with E-state index in [1.807, 2.05) is 6.07 Å². The maximum absolute atomic E-state index is 13.1. The second-order valence-corrected chi connectivity index (χ2v) is 9.78. The molecule has 3 heterocycles. The number of hydrogen-bond donors (Lipinski definition) is 2. The fourth-order valence-electron chi connectivity index (χ4n) is 5.60. The van der Waals surface area contributed by atoms with Gasteiger partial charge in [0, 0.05) is 30.4 Å². The molecule has 2 aromatic rings. The summed E-state index contributed by atoms with van der Waals surface area (Å²) in [6.45, 7) is 4.94. The minimum Gasteiger partial charge on any atom is -0.329 e. The number of allylic oxidation sites excluding steroid dienone is 1. The van der Waals surface area contributed by atoms with Crippen molar-refractivity contribution in [3.8, 4) is 0 Å². The Bertz CT molecular complexity index is 1100. The molecule has 0 radical (unpaired) electrons. The normalized spacial score (nSPS) is 24.8. The number of pyridine rings is 1. The summed E-state index contributed by atoms with van der Waals surface area (Å²) in [5.74, 6) is -0.0132. The van der Waals surface area contributed by atoms with Crippen LogP contribution in [-0.4, -0.2) is 33.8 Å². The first-order chi connectivity index (χ1) is 16.5. The van der Waals surface area contributed by atoms with Crippen LogP contribution < -0.4 is 10.6 Å². The molecule has 1 aromatic heterocycles. The molecule has 1 saturated carbocycles. The zero-order chi connectivity index (χ0) is 23.7. The van der Waals surface area contributed by atoms with Crippen molar-refractivity contribution in [2.45, 2.75) is 70.1 Å². The average molecular weight is 463 g/mol. The Labute approximate surface area is 199 Å². The molecule has 1 aromatic carbocycles. The van der Waals surface area contributed by atoms with Crippen molar-refractivity contribution in [1.82, 2.24) is 20.5 Å². The standard InChI is InChI=1S/C27H31FN4O2/c1-17-6-11-25(26(33)31-17)32-16-20-13-18(7-10-23(20)27(32)34)12-19-4-2-3-5-24(19)30-15-22-9-8-21(28)14-29-22/h7-10,13-14,19,24-25,30H,1-6,11-12,15-16H2,(H,31,33)/t19-,24+,25?/m1/s1. The molecule has 2 amide bonds. The lowest BCUT2D eigenvalue weighted by Crippen LogP contribution is -2.49. The zero-order valence-electron chi connectivity index (χ0n) is 19.4. The molecule has 1 unspecified atom stereocenters. The highest BCUT2D eigenvalue weighted by atomic mass is 19.1. The quantitative estimate of drug-likeness (QED) is 0.684. The molecule has 2 fully saturated rings. The minimum absolute atomic E-state index is 0.0572. The molecule has 5 rings (SSSR count). The number of halogens is 1. The van der Waals surface area contributed by atoms with Gasteiger partial charge in [0.2, 0.25) is 5.91 Å². The number of aromatic nitrogens is 1. The molecule has 178 valence electrons. The van der Waals surface area contributed by atoms with Gasteiger partial charge in [0.15, 0.2) is 0 Å². The highest BCUT2D eigenvalue weighted by Crippen LogP contribution is 2.32. The number of benzene rings is 1. The number of carbonyl (C=O) groups is 2. The summed E-state index contributed by atoms with van der Waals surface area (Å²) in [7, 11) is 0. The lowest BCUT2D eigenvalue weighted by molar-refractivity contribution is -0.126. The molecule has 34 heavy (non-hydrogen) atoms. The van der Waals surface area contributed by atoms with Crippen molar-refractivity contribution >= 4 is 11.8 Å². The molecule has 7 heteroatoms. The third-order valence-electron chi connectivity index (χ3n) is 7.44. The van der Waals surface area contributed by atoms with Crippen LogP contribution >= 0.6 is 0 Å². The van der Waals surface area contributed by atoms with Gasteiger partial charge in [0.05, 0.1) is 11.9 Å². The van der Waals surface area contributed by atoms with Crippen molar-refractivity contribution in [3.63, 3.8) is 0 Å². The van der Waals surface area contributed by atoms with E-state index in [1.165, 1.54) is 30.7 Å². The Balaban J connectivity index is 1.24. The first-order valence-corrected chi connectivity index (χ1v) is 12.2. The van der Waals surface area contributed by atoms with Crippen molar-refractivity contribution in [2.24, 2.45) is 5.92 Å². The van der Waals surface area contributed by atoms with E-state index in [0.717, 1.165) is 36.2 Å². The van der Waals surface area contributed by atoms with Crippen LogP contribution in [-0.2, 0) is 24.3 Å². The van der Waals surface area contributed by atoms with Gasteiger partial charge in [0.1, 0.15) is 11.9 Å². The van der Waals surface area contributed by atoms with E-state index in [0.29, 0.717) is 43.5 Å². The Morgan fingerprint density at radius 2 is 2.00 bits per heavy atom. The summed E-state index contributed by atoms with van der Waals surface area (Å²) >= 11 is 0. The maximum Gasteiger partial charge on any atom is 0.255 e. The molecule has 2 aliphatic heterocycles. The summed E-state index contributed by atoms with van der Waals surface area (Å²) in [6.07, 6.45) is 8.22. The van der Waals surface area contributed by atoms with Gasteiger partial charge in [-0.3, -0.25) is 14.6 Å². The van der Waals surface area contributed by atoms with Gasteiger partial charge in [-0.05, 0) is 67.3 Å². The van der Waals surface area contributed by atoms with Gasteiger partial charge >= 0.3 is 0 Å². The van der Waals surface area contributed by atoms with E-state index in [4.69, 9.17) is 0 Å². The van der Waals surface area contributed by atoms with Crippen molar-refractivity contribution in [3.05, 3.63) is 77.0 Å². The lowest BCUT2D eigenvalue weighted by atomic mass is 9.80. The maximum atomic E-state index is 13.1. The predicted octanol–water partition coefficient (Wildman–Crippen LogP) is 3.86. The van der Waals surface area contributed by atoms with E-state index in [1.54, 1.807) is 11.0 Å². The predicted molar refractivity (Wildman–Crippen MR) is 127 cm³/mol. The Morgan fingerprint density at radius 1 is 1.15 bits per heavy atom. The van der Waals surface area contributed by atoms with E-state index in [-0.39, 0.29) is 17.6 Å². The molecule has 1 aliphatic carbocycles. The second kappa shape index (κ2) is 9.66. The minimum atomic E-state index is -0.430. The topological polar surface area (TPSA) is 74.3 Å². The third-order valence-corrected chi connectivity index (χ3v) is 7.44. The highest BCUT2D eigenvalue weighted by molar-refractivity contribution is 6.01. The van der Waals surface area contributed by atoms with Gasteiger partial charge in [-0.15, -0.1) is 0 Å². The summed E-state index contributed by atoms with van der Waals surface area (Å²) in [6, 6.07) is 9.28. The molecule has 1 saturated heterocycles. The largest absolute Gasteiger partial charge is 0.329 e. The molecular weight excluding hydrogens is 431 g/mol. The van der Waals surface area contributed by atoms with Gasteiger partial charge in [0.25, 0.3) is 5.91 Å². The second-order valence-electron chi connectivity index (χ2n) is 9.78. The van der Waals surface area contributed by atoms with Gasteiger partial charge in [-0.2, -0.15) is 0 Å². The van der Waals surface area contributed by atoms with Crippen molar-refractivity contribution in [1.29, 1.82) is 0 Å². The van der Waals surface area contributed by atoms with E-state index >= 15 is 0 Å². The summed E-state index contributed by atoms with van der Waals surface area (Å²) in [4.78, 5) is 31.3. The monoisotopic (exact) mass is 462 g/mol. The van der Waals surface area contributed by atoms with Crippen LogP contribution in [0.2, 0.25) is 0 Å². The van der Waals surface area contributed by atoms with Crippen LogP contribution in [0.25, 0.3) is 0 Å². The molecule has 0 bridgehead atoms.